The Bertz CT molecular complexity index is 1180. The van der Waals surface area contributed by atoms with E-state index >= 15 is 0 Å². The van der Waals surface area contributed by atoms with E-state index in [1.807, 2.05) is 0 Å². The highest BCUT2D eigenvalue weighted by Crippen LogP contribution is 2.23. The van der Waals surface area contributed by atoms with E-state index in [1.54, 1.807) is 24.3 Å². The van der Waals surface area contributed by atoms with Gasteiger partial charge in [-0.15, -0.1) is 0 Å². The van der Waals surface area contributed by atoms with Crippen LogP contribution in [0.3, 0.4) is 0 Å². The fourth-order valence-corrected chi connectivity index (χ4v) is 5.68. The van der Waals surface area contributed by atoms with E-state index in [2.05, 4.69) is 10.0 Å². The minimum atomic E-state index is -3.81. The van der Waals surface area contributed by atoms with E-state index in [1.165, 1.54) is 49.8 Å². The number of benzene rings is 2. The molecule has 1 fully saturated rings. The lowest BCUT2D eigenvalue weighted by Crippen LogP contribution is -2.47. The third-order valence-electron chi connectivity index (χ3n) is 5.32. The normalized spacial score (nSPS) is 17.5. The summed E-state index contributed by atoms with van der Waals surface area (Å²) in [6.07, 6.45) is 1.16. The van der Waals surface area contributed by atoms with Crippen molar-refractivity contribution in [2.45, 2.75) is 17.7 Å². The molecule has 10 nitrogen and oxygen atoms in total. The smallest absolute Gasteiger partial charge is 0.281 e. The maximum Gasteiger partial charge on any atom is 0.281 e. The fourth-order valence-electron chi connectivity index (χ4n) is 3.43. The van der Waals surface area contributed by atoms with E-state index in [0.29, 0.717) is 36.5 Å². The predicted molar refractivity (Wildman–Crippen MR) is 126 cm³/mol. The molecule has 0 saturated carbocycles. The quantitative estimate of drug-likeness (QED) is 0.576. The van der Waals surface area contributed by atoms with Crippen LogP contribution in [-0.4, -0.2) is 65.6 Å². The Balaban J connectivity index is 1.64. The molecule has 0 aromatic heterocycles. The number of anilines is 2. The van der Waals surface area contributed by atoms with Crippen LogP contribution < -0.4 is 14.8 Å². The van der Waals surface area contributed by atoms with E-state index in [4.69, 9.17) is 4.74 Å². The summed E-state index contributed by atoms with van der Waals surface area (Å²) in [5.74, 6) is -0.187. The van der Waals surface area contributed by atoms with Gasteiger partial charge in [0.2, 0.25) is 5.91 Å². The van der Waals surface area contributed by atoms with Crippen LogP contribution in [0, 0.1) is 5.92 Å². The SMILES string of the molecule is COc1ccc(NS(=O)(=O)c2ccc(NC(=O)[C@H]3CCCN(S(=O)(=O)N(C)C)C3)cc2)cc1. The molecule has 2 aromatic rings. The fraction of sp³-hybridized carbons (Fsp3) is 0.381. The average Bonchev–Trinajstić information content (AvgIpc) is 2.79. The second-order valence-corrected chi connectivity index (χ2v) is 11.7. The number of carbonyl (C=O) groups is 1. The molecular weight excluding hydrogens is 468 g/mol. The molecule has 0 aliphatic carbocycles. The molecule has 0 unspecified atom stereocenters. The first-order valence-electron chi connectivity index (χ1n) is 10.3. The average molecular weight is 497 g/mol. The summed E-state index contributed by atoms with van der Waals surface area (Å²) in [6.45, 7) is 0.475. The standard InChI is InChI=1S/C21H28N4O6S2/c1-24(2)33(29,30)25-14-4-5-16(15-25)21(26)22-17-8-12-20(13-9-17)32(27,28)23-18-6-10-19(31-3)11-7-18/h6-13,16,23H,4-5,14-15H2,1-3H3,(H,22,26)/t16-/m0/s1. The number of methoxy groups -OCH3 is 1. The predicted octanol–water partition coefficient (Wildman–Crippen LogP) is 1.95. The molecule has 0 spiro atoms. The van der Waals surface area contributed by atoms with Crippen molar-refractivity contribution in [2.75, 3.05) is 44.3 Å². The molecule has 1 saturated heterocycles. The van der Waals surface area contributed by atoms with Crippen molar-refractivity contribution in [1.29, 1.82) is 0 Å². The highest BCUT2D eigenvalue weighted by atomic mass is 32.2. The van der Waals surface area contributed by atoms with Crippen LogP contribution in [0.15, 0.2) is 53.4 Å². The van der Waals surface area contributed by atoms with Crippen LogP contribution in [0.2, 0.25) is 0 Å². The molecule has 180 valence electrons. The molecule has 1 aliphatic heterocycles. The second kappa shape index (κ2) is 10.1. The van der Waals surface area contributed by atoms with Crippen LogP contribution in [0.1, 0.15) is 12.8 Å². The van der Waals surface area contributed by atoms with E-state index in [0.717, 1.165) is 4.31 Å². The van der Waals surface area contributed by atoms with Crippen LogP contribution in [0.4, 0.5) is 11.4 Å². The van der Waals surface area contributed by atoms with Gasteiger partial charge in [-0.2, -0.15) is 17.0 Å². The number of hydrogen-bond donors (Lipinski definition) is 2. The molecular formula is C21H28N4O6S2. The number of sulfonamides is 1. The molecule has 1 atom stereocenters. The van der Waals surface area contributed by atoms with Gasteiger partial charge >= 0.3 is 0 Å². The molecule has 1 amide bonds. The summed E-state index contributed by atoms with van der Waals surface area (Å²) >= 11 is 0. The Morgan fingerprint density at radius 3 is 2.18 bits per heavy atom. The maximum absolute atomic E-state index is 12.7. The molecule has 1 aliphatic rings. The minimum absolute atomic E-state index is 0.0391. The van der Waals surface area contributed by atoms with Crippen molar-refractivity contribution in [2.24, 2.45) is 5.92 Å². The van der Waals surface area contributed by atoms with Crippen molar-refractivity contribution in [3.8, 4) is 5.75 Å². The van der Waals surface area contributed by atoms with Gasteiger partial charge in [0.25, 0.3) is 20.2 Å². The number of carbonyl (C=O) groups excluding carboxylic acids is 1. The zero-order chi connectivity index (χ0) is 24.2. The van der Waals surface area contributed by atoms with Crippen molar-refractivity contribution in [3.05, 3.63) is 48.5 Å². The van der Waals surface area contributed by atoms with Gasteiger partial charge in [-0.25, -0.2) is 8.42 Å². The van der Waals surface area contributed by atoms with Gasteiger partial charge in [0.1, 0.15) is 5.75 Å². The van der Waals surface area contributed by atoms with Crippen LogP contribution >= 0.6 is 0 Å². The molecule has 0 bridgehead atoms. The Hall–Kier alpha value is -2.67. The summed E-state index contributed by atoms with van der Waals surface area (Å²) in [4.78, 5) is 12.7. The van der Waals surface area contributed by atoms with Gasteiger partial charge in [-0.1, -0.05) is 0 Å². The monoisotopic (exact) mass is 496 g/mol. The first-order chi connectivity index (χ1) is 15.5. The van der Waals surface area contributed by atoms with Crippen molar-refractivity contribution in [3.63, 3.8) is 0 Å². The highest BCUT2D eigenvalue weighted by Gasteiger charge is 2.33. The Morgan fingerprint density at radius 1 is 1.00 bits per heavy atom. The van der Waals surface area contributed by atoms with Crippen LogP contribution in [0.5, 0.6) is 5.75 Å². The number of ether oxygens (including phenoxy) is 1. The summed E-state index contributed by atoms with van der Waals surface area (Å²) in [6, 6.07) is 12.3. The molecule has 2 N–H and O–H groups in total. The third kappa shape index (κ3) is 6.02. The first-order valence-corrected chi connectivity index (χ1v) is 13.2. The topological polar surface area (TPSA) is 125 Å². The summed E-state index contributed by atoms with van der Waals surface area (Å²) in [7, 11) is -2.96. The number of piperidine rings is 1. The molecule has 12 heteroatoms. The van der Waals surface area contributed by atoms with Crippen LogP contribution in [-0.2, 0) is 25.0 Å². The number of amides is 1. The van der Waals surface area contributed by atoms with Crippen molar-refractivity contribution in [1.82, 2.24) is 8.61 Å². The number of nitrogens with zero attached hydrogens (tertiary/aromatic N) is 2. The van der Waals surface area contributed by atoms with Gasteiger partial charge in [-0.05, 0) is 61.4 Å². The molecule has 0 radical (unpaired) electrons. The van der Waals surface area contributed by atoms with E-state index in [9.17, 15) is 21.6 Å². The van der Waals surface area contributed by atoms with Crippen molar-refractivity contribution >= 4 is 37.5 Å². The zero-order valence-electron chi connectivity index (χ0n) is 18.7. The molecule has 33 heavy (non-hydrogen) atoms. The second-order valence-electron chi connectivity index (χ2n) is 7.83. The zero-order valence-corrected chi connectivity index (χ0v) is 20.3. The molecule has 3 rings (SSSR count). The summed E-state index contributed by atoms with van der Waals surface area (Å²) < 4.78 is 60.0. The lowest BCUT2D eigenvalue weighted by atomic mass is 9.99. The van der Waals surface area contributed by atoms with E-state index < -0.39 is 26.2 Å². The number of nitrogens with one attached hydrogen (secondary N) is 2. The van der Waals surface area contributed by atoms with Gasteiger partial charge in [0, 0.05) is 38.6 Å². The summed E-state index contributed by atoms with van der Waals surface area (Å²) in [5.41, 5.74) is 0.818. The van der Waals surface area contributed by atoms with Gasteiger partial charge < -0.3 is 10.1 Å². The molecule has 2 aromatic carbocycles. The largest absolute Gasteiger partial charge is 0.497 e. The van der Waals surface area contributed by atoms with Crippen LogP contribution in [0.25, 0.3) is 0 Å². The van der Waals surface area contributed by atoms with Crippen molar-refractivity contribution < 1.29 is 26.4 Å². The third-order valence-corrected chi connectivity index (χ3v) is 8.62. The lowest BCUT2D eigenvalue weighted by molar-refractivity contribution is -0.120. The van der Waals surface area contributed by atoms with Gasteiger partial charge in [0.15, 0.2) is 0 Å². The Kier molecular flexibility index (Phi) is 7.62. The first kappa shape index (κ1) is 25.0. The Labute approximate surface area is 194 Å². The summed E-state index contributed by atoms with van der Waals surface area (Å²) in [5, 5.41) is 2.75. The number of hydrogen-bond acceptors (Lipinski definition) is 6. The Morgan fingerprint density at radius 2 is 1.61 bits per heavy atom. The number of rotatable bonds is 8. The van der Waals surface area contributed by atoms with Gasteiger partial charge in [-0.3, -0.25) is 9.52 Å². The van der Waals surface area contributed by atoms with E-state index in [-0.39, 0.29) is 17.3 Å². The lowest BCUT2D eigenvalue weighted by Gasteiger charge is -2.32. The van der Waals surface area contributed by atoms with Gasteiger partial charge in [0.05, 0.1) is 17.9 Å². The maximum atomic E-state index is 12.7. The highest BCUT2D eigenvalue weighted by molar-refractivity contribution is 7.92. The molecule has 1 heterocycles. The minimum Gasteiger partial charge on any atom is -0.497 e.